The van der Waals surface area contributed by atoms with Gasteiger partial charge in [0.25, 0.3) is 0 Å². The van der Waals surface area contributed by atoms with E-state index in [4.69, 9.17) is 5.73 Å². The van der Waals surface area contributed by atoms with E-state index in [2.05, 4.69) is 0 Å². The molecule has 0 spiro atoms. The van der Waals surface area contributed by atoms with Gasteiger partial charge in [0.05, 0.1) is 10.5 Å². The Morgan fingerprint density at radius 2 is 1.79 bits per heavy atom. The first-order chi connectivity index (χ1) is 6.22. The lowest BCUT2D eigenvalue weighted by Crippen LogP contribution is -2.34. The maximum Gasteiger partial charge on any atom is 0.155 e. The van der Waals surface area contributed by atoms with Crippen molar-refractivity contribution in [3.63, 3.8) is 0 Å². The molecule has 0 aromatic heterocycles. The number of nitrogens with two attached hydrogens (primary N) is 1. The van der Waals surface area contributed by atoms with Crippen LogP contribution in [0.15, 0.2) is 0 Å². The Morgan fingerprint density at radius 3 is 2.07 bits per heavy atom. The molecule has 14 heavy (non-hydrogen) atoms. The summed E-state index contributed by atoms with van der Waals surface area (Å²) in [5.41, 5.74) is 5.52. The normalized spacial score (nSPS) is 20.9. The molecule has 1 aliphatic rings. The van der Waals surface area contributed by atoms with Crippen LogP contribution in [-0.2, 0) is 9.84 Å². The van der Waals surface area contributed by atoms with Crippen LogP contribution >= 0.6 is 0 Å². The topological polar surface area (TPSA) is 60.2 Å². The molecule has 1 aliphatic carbocycles. The summed E-state index contributed by atoms with van der Waals surface area (Å²) in [4.78, 5) is 0. The zero-order valence-electron chi connectivity index (χ0n) is 9.34. The summed E-state index contributed by atoms with van der Waals surface area (Å²) in [6.07, 6.45) is 2.90. The lowest BCUT2D eigenvalue weighted by Gasteiger charge is -2.23. The molecule has 0 saturated heterocycles. The predicted octanol–water partition coefficient (Wildman–Crippen LogP) is 1.33. The van der Waals surface area contributed by atoms with Gasteiger partial charge in [-0.25, -0.2) is 8.42 Å². The van der Waals surface area contributed by atoms with Gasteiger partial charge in [0.1, 0.15) is 0 Å². The molecule has 1 saturated carbocycles. The molecule has 0 aliphatic heterocycles. The standard InChI is InChI=1S/C10H21NO2S/c1-9(2,3)14(12,13)8-10(4-5-10)6-7-11/h4-8,11H2,1-3H3. The molecule has 0 amide bonds. The van der Waals surface area contributed by atoms with E-state index in [0.717, 1.165) is 19.3 Å². The summed E-state index contributed by atoms with van der Waals surface area (Å²) in [6.45, 7) is 5.89. The Balaban J connectivity index is 2.70. The summed E-state index contributed by atoms with van der Waals surface area (Å²) < 4.78 is 23.3. The highest BCUT2D eigenvalue weighted by atomic mass is 32.2. The van der Waals surface area contributed by atoms with Gasteiger partial charge < -0.3 is 5.73 Å². The number of hydrogen-bond acceptors (Lipinski definition) is 3. The molecule has 4 heteroatoms. The Bertz CT molecular complexity index is 297. The van der Waals surface area contributed by atoms with Crippen LogP contribution in [0.2, 0.25) is 0 Å². The van der Waals surface area contributed by atoms with E-state index >= 15 is 0 Å². The van der Waals surface area contributed by atoms with Crippen molar-refractivity contribution in [1.29, 1.82) is 0 Å². The van der Waals surface area contributed by atoms with Gasteiger partial charge in [0, 0.05) is 0 Å². The van der Waals surface area contributed by atoms with Crippen LogP contribution in [0.25, 0.3) is 0 Å². The highest BCUT2D eigenvalue weighted by Gasteiger charge is 2.47. The third kappa shape index (κ3) is 2.48. The van der Waals surface area contributed by atoms with Crippen LogP contribution in [-0.4, -0.2) is 25.5 Å². The maximum atomic E-state index is 11.9. The highest BCUT2D eigenvalue weighted by molar-refractivity contribution is 7.92. The average molecular weight is 219 g/mol. The second kappa shape index (κ2) is 3.49. The Labute approximate surface area is 87.0 Å². The lowest BCUT2D eigenvalue weighted by molar-refractivity contribution is 0.496. The summed E-state index contributed by atoms with van der Waals surface area (Å²) in [5.74, 6) is 0.320. The Kier molecular flexibility index (Phi) is 2.99. The molecule has 0 aromatic rings. The van der Waals surface area contributed by atoms with Gasteiger partial charge in [0.15, 0.2) is 9.84 Å². The van der Waals surface area contributed by atoms with Crippen molar-refractivity contribution in [2.45, 2.75) is 44.8 Å². The van der Waals surface area contributed by atoms with Crippen LogP contribution in [0.4, 0.5) is 0 Å². The molecular weight excluding hydrogens is 198 g/mol. The van der Waals surface area contributed by atoms with E-state index in [-0.39, 0.29) is 5.41 Å². The molecule has 1 rings (SSSR count). The molecule has 0 heterocycles. The molecule has 84 valence electrons. The van der Waals surface area contributed by atoms with Crippen molar-refractivity contribution < 1.29 is 8.42 Å². The van der Waals surface area contributed by atoms with Crippen molar-refractivity contribution in [3.05, 3.63) is 0 Å². The van der Waals surface area contributed by atoms with Gasteiger partial charge in [-0.15, -0.1) is 0 Å². The van der Waals surface area contributed by atoms with Crippen LogP contribution in [0.3, 0.4) is 0 Å². The van der Waals surface area contributed by atoms with Gasteiger partial charge in [-0.05, 0) is 52.0 Å². The highest BCUT2D eigenvalue weighted by Crippen LogP contribution is 2.50. The number of sulfone groups is 1. The third-order valence-electron chi connectivity index (χ3n) is 3.06. The zero-order valence-corrected chi connectivity index (χ0v) is 10.2. The van der Waals surface area contributed by atoms with Crippen LogP contribution < -0.4 is 5.73 Å². The van der Waals surface area contributed by atoms with Gasteiger partial charge in [0.2, 0.25) is 0 Å². The minimum absolute atomic E-state index is 0.0286. The number of hydrogen-bond donors (Lipinski definition) is 1. The lowest BCUT2D eigenvalue weighted by atomic mass is 10.1. The molecule has 2 N–H and O–H groups in total. The van der Waals surface area contributed by atoms with Gasteiger partial charge >= 0.3 is 0 Å². The van der Waals surface area contributed by atoms with Crippen LogP contribution in [0.1, 0.15) is 40.0 Å². The fraction of sp³-hybridized carbons (Fsp3) is 1.00. The van der Waals surface area contributed by atoms with E-state index < -0.39 is 14.6 Å². The SMILES string of the molecule is CC(C)(C)S(=O)(=O)CC1(CCN)CC1. The minimum Gasteiger partial charge on any atom is -0.330 e. The molecule has 0 bridgehead atoms. The van der Waals surface area contributed by atoms with Crippen LogP contribution in [0, 0.1) is 5.41 Å². The number of rotatable bonds is 4. The van der Waals surface area contributed by atoms with E-state index in [0.29, 0.717) is 12.3 Å². The van der Waals surface area contributed by atoms with Crippen molar-refractivity contribution in [2.75, 3.05) is 12.3 Å². The fourth-order valence-electron chi connectivity index (χ4n) is 1.57. The molecule has 0 unspecified atom stereocenters. The van der Waals surface area contributed by atoms with E-state index in [9.17, 15) is 8.42 Å². The quantitative estimate of drug-likeness (QED) is 0.776. The molecule has 0 atom stereocenters. The van der Waals surface area contributed by atoms with E-state index in [1.165, 1.54) is 0 Å². The monoisotopic (exact) mass is 219 g/mol. The molecule has 1 fully saturated rings. The Hall–Kier alpha value is -0.0900. The average Bonchev–Trinajstić information content (AvgIpc) is 2.65. The fourth-order valence-corrected chi connectivity index (χ4v) is 3.24. The van der Waals surface area contributed by atoms with E-state index in [1.807, 2.05) is 0 Å². The van der Waals surface area contributed by atoms with Gasteiger partial charge in [-0.3, -0.25) is 0 Å². The molecule has 0 radical (unpaired) electrons. The summed E-state index contributed by atoms with van der Waals surface area (Å²) in [6, 6.07) is 0. The first-order valence-electron chi connectivity index (χ1n) is 5.15. The second-order valence-electron chi connectivity index (χ2n) is 5.41. The first kappa shape index (κ1) is 12.0. The van der Waals surface area contributed by atoms with Gasteiger partial charge in [-0.1, -0.05) is 0 Å². The predicted molar refractivity (Wildman–Crippen MR) is 58.9 cm³/mol. The molecule has 3 nitrogen and oxygen atoms in total. The van der Waals surface area contributed by atoms with Gasteiger partial charge in [-0.2, -0.15) is 0 Å². The Morgan fingerprint density at radius 1 is 1.29 bits per heavy atom. The summed E-state index contributed by atoms with van der Waals surface area (Å²) in [5, 5.41) is 0. The minimum atomic E-state index is -2.97. The summed E-state index contributed by atoms with van der Waals surface area (Å²) in [7, 11) is -2.97. The van der Waals surface area contributed by atoms with Crippen molar-refractivity contribution in [3.8, 4) is 0 Å². The van der Waals surface area contributed by atoms with Crippen molar-refractivity contribution in [1.82, 2.24) is 0 Å². The molecular formula is C10H21NO2S. The smallest absolute Gasteiger partial charge is 0.155 e. The molecule has 0 aromatic carbocycles. The van der Waals surface area contributed by atoms with E-state index in [1.54, 1.807) is 20.8 Å². The zero-order chi connectivity index (χ0) is 11.0. The first-order valence-corrected chi connectivity index (χ1v) is 6.80. The second-order valence-corrected chi connectivity index (χ2v) is 8.15. The van der Waals surface area contributed by atoms with Crippen molar-refractivity contribution >= 4 is 9.84 Å². The third-order valence-corrected chi connectivity index (χ3v) is 5.92. The van der Waals surface area contributed by atoms with Crippen molar-refractivity contribution in [2.24, 2.45) is 11.1 Å². The maximum absolute atomic E-state index is 11.9. The largest absolute Gasteiger partial charge is 0.330 e. The van der Waals surface area contributed by atoms with Crippen LogP contribution in [0.5, 0.6) is 0 Å². The summed E-state index contributed by atoms with van der Waals surface area (Å²) >= 11 is 0.